The number of aromatic nitrogens is 3. The smallest absolute Gasteiger partial charge is 0.277 e. The van der Waals surface area contributed by atoms with Crippen LogP contribution in [0.5, 0.6) is 5.88 Å². The van der Waals surface area contributed by atoms with E-state index in [2.05, 4.69) is 9.97 Å². The fourth-order valence-electron chi connectivity index (χ4n) is 4.43. The van der Waals surface area contributed by atoms with Gasteiger partial charge < -0.3 is 9.84 Å². The molecule has 0 saturated carbocycles. The van der Waals surface area contributed by atoms with E-state index in [0.29, 0.717) is 18.7 Å². The number of ether oxygens (including phenoxy) is 1. The predicted octanol–water partition coefficient (Wildman–Crippen LogP) is 4.73. The number of unbranched alkanes of at least 4 members (excludes halogenated alkanes) is 1. The van der Waals surface area contributed by atoms with Crippen molar-refractivity contribution in [3.63, 3.8) is 0 Å². The van der Waals surface area contributed by atoms with E-state index in [4.69, 9.17) is 4.74 Å². The van der Waals surface area contributed by atoms with Gasteiger partial charge >= 0.3 is 0 Å². The van der Waals surface area contributed by atoms with Crippen molar-refractivity contribution in [1.29, 1.82) is 0 Å². The molecular formula is C29H31N3O5S. The van der Waals surface area contributed by atoms with Gasteiger partial charge in [-0.15, -0.1) is 0 Å². The maximum Gasteiger partial charge on any atom is 0.277 e. The first-order valence-corrected chi connectivity index (χ1v) is 13.9. The van der Waals surface area contributed by atoms with Crippen molar-refractivity contribution >= 4 is 9.84 Å². The molecular weight excluding hydrogens is 502 g/mol. The SMILES string of the molecule is CCCCc1nc(O)c(S(=O)(=O)c2ccc(-c3cncc(C)c3)cc2)c(=O)n1[C@@H](COC)c1ccccc1. The average Bonchev–Trinajstić information content (AvgIpc) is 2.91. The van der Waals surface area contributed by atoms with Crippen LogP contribution in [-0.2, 0) is 21.0 Å². The van der Waals surface area contributed by atoms with Gasteiger partial charge in [-0.25, -0.2) is 8.42 Å². The number of rotatable bonds is 10. The normalized spacial score (nSPS) is 12.4. The number of pyridine rings is 1. The van der Waals surface area contributed by atoms with Crippen molar-refractivity contribution in [2.75, 3.05) is 13.7 Å². The summed E-state index contributed by atoms with van der Waals surface area (Å²) in [6.07, 6.45) is 5.37. The summed E-state index contributed by atoms with van der Waals surface area (Å²) in [5.74, 6) is -0.491. The summed E-state index contributed by atoms with van der Waals surface area (Å²) in [4.78, 5) is 21.5. The van der Waals surface area contributed by atoms with Gasteiger partial charge in [0.15, 0.2) is 4.90 Å². The summed E-state index contributed by atoms with van der Waals surface area (Å²) in [7, 11) is -2.88. The number of sulfone groups is 1. The molecule has 0 saturated heterocycles. The molecule has 0 radical (unpaired) electrons. The Kier molecular flexibility index (Phi) is 8.38. The minimum absolute atomic E-state index is 0.119. The van der Waals surface area contributed by atoms with E-state index in [1.165, 1.54) is 23.8 Å². The number of benzene rings is 2. The number of aryl methyl sites for hydroxylation is 2. The largest absolute Gasteiger partial charge is 0.492 e. The highest BCUT2D eigenvalue weighted by Crippen LogP contribution is 2.29. The molecule has 0 unspecified atom stereocenters. The average molecular weight is 534 g/mol. The van der Waals surface area contributed by atoms with Crippen molar-refractivity contribution in [3.8, 4) is 17.0 Å². The molecule has 0 amide bonds. The molecule has 2 heterocycles. The van der Waals surface area contributed by atoms with Gasteiger partial charge in [0.25, 0.3) is 5.56 Å². The lowest BCUT2D eigenvalue weighted by Gasteiger charge is -2.24. The summed E-state index contributed by atoms with van der Waals surface area (Å²) in [6, 6.07) is 16.7. The predicted molar refractivity (Wildman–Crippen MR) is 145 cm³/mol. The summed E-state index contributed by atoms with van der Waals surface area (Å²) in [5, 5.41) is 10.8. The molecule has 9 heteroatoms. The zero-order valence-corrected chi connectivity index (χ0v) is 22.5. The Hall–Kier alpha value is -3.82. The Morgan fingerprint density at radius 1 is 1.03 bits per heavy atom. The van der Waals surface area contributed by atoms with Crippen molar-refractivity contribution in [2.45, 2.75) is 48.9 Å². The second-order valence-electron chi connectivity index (χ2n) is 9.12. The van der Waals surface area contributed by atoms with Gasteiger partial charge in [-0.05, 0) is 48.2 Å². The third kappa shape index (κ3) is 5.54. The summed E-state index contributed by atoms with van der Waals surface area (Å²) >= 11 is 0. The van der Waals surface area contributed by atoms with Crippen LogP contribution in [-0.4, -0.2) is 41.8 Å². The van der Waals surface area contributed by atoms with Crippen LogP contribution in [0.1, 0.15) is 42.8 Å². The topological polar surface area (TPSA) is 111 Å². The van der Waals surface area contributed by atoms with Crippen molar-refractivity contribution in [1.82, 2.24) is 14.5 Å². The standard InChI is InChI=1S/C29H31N3O5S/c1-4-5-11-26-31-28(33)27(29(34)32(26)25(19-37-3)22-9-7-6-8-10-22)38(35,36)24-14-12-21(13-15-24)23-16-20(2)17-30-18-23/h6-10,12-18,25,33H,4-5,11,19H2,1-3H3/t25-/m0/s1. The Morgan fingerprint density at radius 2 is 1.74 bits per heavy atom. The van der Waals surface area contributed by atoms with Crippen LogP contribution >= 0.6 is 0 Å². The Morgan fingerprint density at radius 3 is 2.37 bits per heavy atom. The van der Waals surface area contributed by atoms with Gasteiger partial charge in [-0.2, -0.15) is 4.98 Å². The molecule has 0 fully saturated rings. The number of aromatic hydroxyl groups is 1. The van der Waals surface area contributed by atoms with Crippen molar-refractivity contribution in [3.05, 3.63) is 100 Å². The van der Waals surface area contributed by atoms with E-state index >= 15 is 0 Å². The maximum absolute atomic E-state index is 13.9. The zero-order chi connectivity index (χ0) is 27.3. The van der Waals surface area contributed by atoms with Crippen LogP contribution in [0.25, 0.3) is 11.1 Å². The summed E-state index contributed by atoms with van der Waals surface area (Å²) < 4.78 is 34.2. The summed E-state index contributed by atoms with van der Waals surface area (Å²) in [5.41, 5.74) is 2.52. The monoisotopic (exact) mass is 533 g/mol. The number of nitrogens with zero attached hydrogens (tertiary/aromatic N) is 3. The van der Waals surface area contributed by atoms with Crippen LogP contribution in [0.4, 0.5) is 0 Å². The van der Waals surface area contributed by atoms with E-state index in [1.54, 1.807) is 24.5 Å². The molecule has 198 valence electrons. The maximum atomic E-state index is 13.9. The molecule has 2 aromatic heterocycles. The molecule has 0 aliphatic carbocycles. The zero-order valence-electron chi connectivity index (χ0n) is 21.7. The quantitative estimate of drug-likeness (QED) is 0.314. The van der Waals surface area contributed by atoms with E-state index < -0.39 is 32.2 Å². The van der Waals surface area contributed by atoms with Gasteiger partial charge in [0, 0.05) is 31.5 Å². The fourth-order valence-corrected chi connectivity index (χ4v) is 5.77. The molecule has 0 spiro atoms. The van der Waals surface area contributed by atoms with E-state index in [1.807, 2.05) is 50.2 Å². The van der Waals surface area contributed by atoms with Gasteiger partial charge in [0.1, 0.15) is 5.82 Å². The number of hydrogen-bond donors (Lipinski definition) is 1. The third-order valence-electron chi connectivity index (χ3n) is 6.35. The van der Waals surface area contributed by atoms with E-state index in [0.717, 1.165) is 28.7 Å². The molecule has 0 aliphatic heterocycles. The summed E-state index contributed by atoms with van der Waals surface area (Å²) in [6.45, 7) is 4.04. The van der Waals surface area contributed by atoms with Crippen molar-refractivity contribution in [2.24, 2.45) is 0 Å². The lowest BCUT2D eigenvalue weighted by atomic mass is 10.1. The molecule has 0 bridgehead atoms. The molecule has 38 heavy (non-hydrogen) atoms. The van der Waals surface area contributed by atoms with Crippen LogP contribution < -0.4 is 5.56 Å². The fraction of sp³-hybridized carbons (Fsp3) is 0.276. The van der Waals surface area contributed by atoms with Crippen LogP contribution in [0.2, 0.25) is 0 Å². The minimum Gasteiger partial charge on any atom is -0.492 e. The highest BCUT2D eigenvalue weighted by atomic mass is 32.2. The third-order valence-corrected chi connectivity index (χ3v) is 8.13. The first kappa shape index (κ1) is 27.2. The molecule has 4 aromatic rings. The Bertz CT molecular complexity index is 1570. The van der Waals surface area contributed by atoms with Crippen LogP contribution in [0.3, 0.4) is 0 Å². The van der Waals surface area contributed by atoms with Gasteiger partial charge in [0.2, 0.25) is 15.7 Å². The first-order valence-electron chi connectivity index (χ1n) is 12.4. The molecule has 4 rings (SSSR count). The highest BCUT2D eigenvalue weighted by molar-refractivity contribution is 7.91. The van der Waals surface area contributed by atoms with Crippen LogP contribution in [0, 0.1) is 6.92 Å². The van der Waals surface area contributed by atoms with E-state index in [-0.39, 0.29) is 11.5 Å². The number of hydrogen-bond acceptors (Lipinski definition) is 7. The number of methoxy groups -OCH3 is 1. The second-order valence-corrected chi connectivity index (χ2v) is 11.0. The molecule has 0 aliphatic rings. The second kappa shape index (κ2) is 11.7. The Labute approximate surface area is 222 Å². The minimum atomic E-state index is -4.40. The highest BCUT2D eigenvalue weighted by Gasteiger charge is 2.32. The first-order chi connectivity index (χ1) is 18.3. The molecule has 8 nitrogen and oxygen atoms in total. The molecule has 1 atom stereocenters. The van der Waals surface area contributed by atoms with Crippen molar-refractivity contribution < 1.29 is 18.3 Å². The van der Waals surface area contributed by atoms with Gasteiger partial charge in [-0.3, -0.25) is 14.3 Å². The van der Waals surface area contributed by atoms with Gasteiger partial charge in [0.05, 0.1) is 17.5 Å². The van der Waals surface area contributed by atoms with Crippen LogP contribution in [0.15, 0.2) is 87.6 Å². The lowest BCUT2D eigenvalue weighted by molar-refractivity contribution is 0.165. The molecule has 1 N–H and O–H groups in total. The molecule has 2 aromatic carbocycles. The Balaban J connectivity index is 1.86. The van der Waals surface area contributed by atoms with Gasteiger partial charge in [-0.1, -0.05) is 55.8 Å². The lowest BCUT2D eigenvalue weighted by Crippen LogP contribution is -2.35. The van der Waals surface area contributed by atoms with E-state index in [9.17, 15) is 18.3 Å².